The van der Waals surface area contributed by atoms with Gasteiger partial charge in [0.2, 0.25) is 4.33 Å². The Labute approximate surface area is 73.2 Å². The first-order valence-corrected chi connectivity index (χ1v) is 3.66. The minimum absolute atomic E-state index is 0.220. The summed E-state index contributed by atoms with van der Waals surface area (Å²) in [5.41, 5.74) is 0. The molecule has 0 atom stereocenters. The second-order valence-electron chi connectivity index (χ2n) is 1.50. The van der Waals surface area contributed by atoms with Crippen molar-refractivity contribution in [2.75, 3.05) is 12.6 Å². The van der Waals surface area contributed by atoms with E-state index < -0.39 is 17.0 Å². The lowest BCUT2D eigenvalue weighted by Gasteiger charge is -2.13. The van der Waals surface area contributed by atoms with Gasteiger partial charge in [-0.05, 0) is 0 Å². The highest BCUT2D eigenvalue weighted by Crippen LogP contribution is 2.22. The molecule has 0 unspecified atom stereocenters. The van der Waals surface area contributed by atoms with Crippen LogP contribution in [-0.4, -0.2) is 28.0 Å². The molecule has 10 heavy (non-hydrogen) atoms. The zero-order valence-electron chi connectivity index (χ0n) is 4.90. The summed E-state index contributed by atoms with van der Waals surface area (Å²) in [7, 11) is 0. The van der Waals surface area contributed by atoms with Crippen LogP contribution in [0.15, 0.2) is 0 Å². The van der Waals surface area contributed by atoms with Crippen molar-refractivity contribution in [3.05, 3.63) is 0 Å². The minimum Gasteiger partial charge on any atom is -0.376 e. The monoisotopic (exact) mass is 205 g/mol. The molecule has 6 heteroatoms. The van der Waals surface area contributed by atoms with Crippen molar-refractivity contribution in [3.8, 4) is 0 Å². The van der Waals surface area contributed by atoms with Crippen LogP contribution in [0.3, 0.4) is 0 Å². The molecular formula is C4H6Cl3NO2. The van der Waals surface area contributed by atoms with Crippen molar-refractivity contribution in [3.63, 3.8) is 0 Å². The zero-order chi connectivity index (χ0) is 8.20. The van der Waals surface area contributed by atoms with E-state index in [0.29, 0.717) is 0 Å². The maximum absolute atomic E-state index is 10.7. The average molecular weight is 206 g/mol. The highest BCUT2D eigenvalue weighted by molar-refractivity contribution is 6.60. The molecule has 0 rings (SSSR count). The third kappa shape index (κ3) is 2.92. The van der Waals surface area contributed by atoms with Crippen LogP contribution in [0, 0.1) is 0 Å². The first kappa shape index (κ1) is 10.3. The number of rotatable bonds is 3. The molecule has 0 aliphatic rings. The summed E-state index contributed by atoms with van der Waals surface area (Å²) in [4.78, 5) is 10.7. The average Bonchev–Trinajstić information content (AvgIpc) is 1.89. The van der Waals surface area contributed by atoms with Crippen LogP contribution in [0.1, 0.15) is 0 Å². The van der Waals surface area contributed by atoms with Crippen LogP contribution in [0.5, 0.6) is 0 Å². The molecule has 0 bridgehead atoms. The minimum atomic E-state index is -1.65. The molecule has 0 aliphatic carbocycles. The molecule has 3 nitrogen and oxygen atoms in total. The molecule has 0 aromatic heterocycles. The lowest BCUT2D eigenvalue weighted by molar-refractivity contribution is -0.122. The van der Waals surface area contributed by atoms with E-state index in [9.17, 15) is 4.79 Å². The van der Waals surface area contributed by atoms with Crippen LogP contribution >= 0.6 is 34.8 Å². The van der Waals surface area contributed by atoms with Crippen LogP contribution in [0.2, 0.25) is 0 Å². The van der Waals surface area contributed by atoms with Crippen molar-refractivity contribution in [1.82, 2.24) is 5.32 Å². The number of nitrogens with one attached hydrogen (secondary N) is 1. The van der Waals surface area contributed by atoms with Crippen molar-refractivity contribution >= 4 is 40.7 Å². The van der Waals surface area contributed by atoms with Gasteiger partial charge in [0.15, 0.2) is 0 Å². The van der Waals surface area contributed by atoms with E-state index in [1.165, 1.54) is 0 Å². The second kappa shape index (κ2) is 4.23. The van der Waals surface area contributed by atoms with E-state index in [0.717, 1.165) is 0 Å². The van der Waals surface area contributed by atoms with Gasteiger partial charge in [0.1, 0.15) is 6.73 Å². The number of amides is 1. The Balaban J connectivity index is 3.91. The van der Waals surface area contributed by atoms with Gasteiger partial charge >= 0.3 is 0 Å². The van der Waals surface area contributed by atoms with Gasteiger partial charge in [0, 0.05) is 0 Å². The van der Waals surface area contributed by atoms with Crippen molar-refractivity contribution in [2.45, 2.75) is 4.33 Å². The summed E-state index contributed by atoms with van der Waals surface area (Å²) < 4.78 is -1.65. The van der Waals surface area contributed by atoms with Crippen molar-refractivity contribution in [1.29, 1.82) is 0 Å². The fourth-order valence-electron chi connectivity index (χ4n) is 0.262. The van der Waals surface area contributed by atoms with E-state index in [1.54, 1.807) is 0 Å². The topological polar surface area (TPSA) is 49.3 Å². The van der Waals surface area contributed by atoms with Gasteiger partial charge in [-0.25, -0.2) is 0 Å². The van der Waals surface area contributed by atoms with Gasteiger partial charge < -0.3 is 10.4 Å². The highest BCUT2D eigenvalue weighted by Gasteiger charge is 2.31. The maximum Gasteiger partial charge on any atom is 0.259 e. The van der Waals surface area contributed by atoms with Crippen LogP contribution in [0.25, 0.3) is 0 Å². The number of alkyl halides is 3. The number of hydrogen-bond donors (Lipinski definition) is 2. The molecule has 0 aromatic carbocycles. The Morgan fingerprint density at radius 1 is 1.60 bits per heavy atom. The van der Waals surface area contributed by atoms with Gasteiger partial charge in [-0.2, -0.15) is 0 Å². The molecule has 2 N–H and O–H groups in total. The molecule has 0 aromatic rings. The Hall–Kier alpha value is 0.300. The molecule has 0 radical (unpaired) electrons. The number of aliphatic hydroxyl groups is 1. The fraction of sp³-hybridized carbons (Fsp3) is 0.750. The smallest absolute Gasteiger partial charge is 0.259 e. The van der Waals surface area contributed by atoms with Crippen LogP contribution < -0.4 is 5.32 Å². The molecule has 0 fully saturated rings. The molecular weight excluding hydrogens is 200 g/mol. The predicted octanol–water partition coefficient (Wildman–Crippen LogP) is 0.465. The number of halogens is 3. The predicted molar refractivity (Wildman–Crippen MR) is 40.4 cm³/mol. The molecule has 0 saturated heterocycles. The number of carbonyl (C=O) groups is 1. The third-order valence-electron chi connectivity index (χ3n) is 0.740. The van der Waals surface area contributed by atoms with Crippen molar-refractivity contribution < 1.29 is 9.90 Å². The summed E-state index contributed by atoms with van der Waals surface area (Å²) in [5.74, 6) is -0.921. The summed E-state index contributed by atoms with van der Waals surface area (Å²) in [6.45, 7) is -0.503. The first-order valence-electron chi connectivity index (χ1n) is 2.37. The van der Waals surface area contributed by atoms with E-state index in [-0.39, 0.29) is 5.88 Å². The van der Waals surface area contributed by atoms with E-state index in [4.69, 9.17) is 39.9 Å². The van der Waals surface area contributed by atoms with Crippen LogP contribution in [-0.2, 0) is 4.79 Å². The molecule has 0 saturated carbocycles. The molecule has 0 aliphatic heterocycles. The summed E-state index contributed by atoms with van der Waals surface area (Å²) >= 11 is 15.9. The third-order valence-corrected chi connectivity index (χ3v) is 2.02. The summed E-state index contributed by atoms with van der Waals surface area (Å²) in [6, 6.07) is 0. The largest absolute Gasteiger partial charge is 0.376 e. The zero-order valence-corrected chi connectivity index (χ0v) is 7.17. The Kier molecular flexibility index (Phi) is 4.36. The quantitative estimate of drug-likeness (QED) is 0.521. The summed E-state index contributed by atoms with van der Waals surface area (Å²) in [6.07, 6.45) is 0. The number of hydrogen-bond acceptors (Lipinski definition) is 2. The number of carbonyl (C=O) groups excluding carboxylic acids is 1. The van der Waals surface area contributed by atoms with Gasteiger partial charge in [0.25, 0.3) is 5.91 Å². The van der Waals surface area contributed by atoms with Crippen LogP contribution in [0.4, 0.5) is 0 Å². The van der Waals surface area contributed by atoms with E-state index in [2.05, 4.69) is 0 Å². The standard InChI is InChI=1S/C4H6Cl3NO2/c5-1-4(6,7)3(10)8-2-9/h9H,1-2H2,(H,8,10). The second-order valence-corrected chi connectivity index (χ2v) is 3.25. The van der Waals surface area contributed by atoms with Crippen molar-refractivity contribution in [2.24, 2.45) is 0 Å². The molecule has 0 heterocycles. The first-order chi connectivity index (χ1) is 4.54. The summed E-state index contributed by atoms with van der Waals surface area (Å²) in [5, 5.41) is 10.2. The Morgan fingerprint density at radius 3 is 2.40 bits per heavy atom. The maximum atomic E-state index is 10.7. The van der Waals surface area contributed by atoms with Gasteiger partial charge in [-0.15, -0.1) is 11.6 Å². The Bertz CT molecular complexity index is 128. The molecule has 1 amide bonds. The highest BCUT2D eigenvalue weighted by atomic mass is 35.5. The normalized spacial score (nSPS) is 11.2. The Morgan fingerprint density at radius 2 is 2.10 bits per heavy atom. The fourth-order valence-corrected chi connectivity index (χ4v) is 0.517. The molecule has 0 spiro atoms. The SMILES string of the molecule is O=C(NCO)C(Cl)(Cl)CCl. The van der Waals surface area contributed by atoms with Gasteiger partial charge in [-0.3, -0.25) is 4.79 Å². The lowest BCUT2D eigenvalue weighted by Crippen LogP contribution is -2.40. The van der Waals surface area contributed by atoms with E-state index >= 15 is 0 Å². The number of aliphatic hydroxyl groups excluding tert-OH is 1. The van der Waals surface area contributed by atoms with Gasteiger partial charge in [0.05, 0.1) is 5.88 Å². The van der Waals surface area contributed by atoms with E-state index in [1.807, 2.05) is 5.32 Å². The molecule has 60 valence electrons. The van der Waals surface area contributed by atoms with Gasteiger partial charge in [-0.1, -0.05) is 23.2 Å². The lowest BCUT2D eigenvalue weighted by atomic mass is 10.4.